The number of aromatic nitrogens is 2. The van der Waals surface area contributed by atoms with Gasteiger partial charge < -0.3 is 15.7 Å². The lowest BCUT2D eigenvalue weighted by molar-refractivity contribution is -0.140. The SMILES string of the molecule is CC(C)[C@@H](NC(=O)NCCc1ccnn1C)C(=O)O. The first kappa shape index (κ1) is 15.0. The van der Waals surface area contributed by atoms with Crippen LogP contribution in [-0.4, -0.2) is 39.5 Å². The topological polar surface area (TPSA) is 96.3 Å². The van der Waals surface area contributed by atoms with Gasteiger partial charge in [-0.1, -0.05) is 13.8 Å². The summed E-state index contributed by atoms with van der Waals surface area (Å²) in [6.45, 7) is 3.92. The van der Waals surface area contributed by atoms with Gasteiger partial charge in [0.1, 0.15) is 6.04 Å². The molecule has 0 aliphatic carbocycles. The average molecular weight is 268 g/mol. The van der Waals surface area contributed by atoms with Gasteiger partial charge in [0.05, 0.1) is 0 Å². The van der Waals surface area contributed by atoms with Gasteiger partial charge in [-0.05, 0) is 12.0 Å². The number of carbonyl (C=O) groups is 2. The van der Waals surface area contributed by atoms with Gasteiger partial charge >= 0.3 is 12.0 Å². The van der Waals surface area contributed by atoms with E-state index in [4.69, 9.17) is 5.11 Å². The molecule has 0 saturated carbocycles. The Labute approximate surface area is 112 Å². The predicted molar refractivity (Wildman–Crippen MR) is 69.7 cm³/mol. The summed E-state index contributed by atoms with van der Waals surface area (Å²) in [5.74, 6) is -1.20. The maximum atomic E-state index is 11.6. The van der Waals surface area contributed by atoms with Crippen molar-refractivity contribution in [3.05, 3.63) is 18.0 Å². The fourth-order valence-corrected chi connectivity index (χ4v) is 1.66. The highest BCUT2D eigenvalue weighted by molar-refractivity contribution is 5.82. The summed E-state index contributed by atoms with van der Waals surface area (Å²) in [5, 5.41) is 18.0. The van der Waals surface area contributed by atoms with Crippen LogP contribution < -0.4 is 10.6 Å². The summed E-state index contributed by atoms with van der Waals surface area (Å²) >= 11 is 0. The fraction of sp³-hybridized carbons (Fsp3) is 0.583. The van der Waals surface area contributed by atoms with Gasteiger partial charge in [0, 0.05) is 31.9 Å². The number of hydrogen-bond acceptors (Lipinski definition) is 3. The van der Waals surface area contributed by atoms with Crippen LogP contribution in [0.25, 0.3) is 0 Å². The summed E-state index contributed by atoms with van der Waals surface area (Å²) < 4.78 is 1.73. The summed E-state index contributed by atoms with van der Waals surface area (Å²) in [6, 6.07) is 0.522. The van der Waals surface area contributed by atoms with Crippen molar-refractivity contribution in [1.29, 1.82) is 0 Å². The molecule has 0 saturated heterocycles. The number of carbonyl (C=O) groups excluding carboxylic acids is 1. The molecule has 19 heavy (non-hydrogen) atoms. The molecular formula is C12H20N4O3. The van der Waals surface area contributed by atoms with Crippen molar-refractivity contribution in [3.63, 3.8) is 0 Å². The van der Waals surface area contributed by atoms with E-state index in [-0.39, 0.29) is 5.92 Å². The molecule has 0 fully saturated rings. The number of carboxylic acids is 1. The van der Waals surface area contributed by atoms with Gasteiger partial charge in [-0.15, -0.1) is 0 Å². The second-order valence-corrected chi connectivity index (χ2v) is 4.66. The maximum Gasteiger partial charge on any atom is 0.326 e. The predicted octanol–water partition coefficient (Wildman–Crippen LogP) is 0.371. The molecule has 1 aromatic heterocycles. The summed E-state index contributed by atoms with van der Waals surface area (Å²) in [5.41, 5.74) is 0.999. The Morgan fingerprint density at radius 2 is 2.16 bits per heavy atom. The lowest BCUT2D eigenvalue weighted by Gasteiger charge is -2.18. The lowest BCUT2D eigenvalue weighted by Crippen LogP contribution is -2.48. The molecule has 0 bridgehead atoms. The van der Waals surface area contributed by atoms with Crippen LogP contribution in [0.4, 0.5) is 4.79 Å². The van der Waals surface area contributed by atoms with E-state index in [9.17, 15) is 9.59 Å². The Bertz CT molecular complexity index is 442. The van der Waals surface area contributed by atoms with Gasteiger partial charge in [0.25, 0.3) is 0 Å². The van der Waals surface area contributed by atoms with E-state index in [2.05, 4.69) is 15.7 Å². The molecule has 7 heteroatoms. The van der Waals surface area contributed by atoms with Gasteiger partial charge in [0.15, 0.2) is 0 Å². The number of amides is 2. The molecule has 0 aliphatic heterocycles. The van der Waals surface area contributed by atoms with Gasteiger partial charge in [-0.2, -0.15) is 5.10 Å². The Morgan fingerprint density at radius 1 is 1.47 bits per heavy atom. The van der Waals surface area contributed by atoms with E-state index in [0.717, 1.165) is 5.69 Å². The lowest BCUT2D eigenvalue weighted by atomic mass is 10.1. The molecule has 0 spiro atoms. The van der Waals surface area contributed by atoms with E-state index in [0.29, 0.717) is 13.0 Å². The van der Waals surface area contributed by atoms with Crippen LogP contribution in [0.3, 0.4) is 0 Å². The van der Waals surface area contributed by atoms with E-state index in [1.807, 2.05) is 13.1 Å². The molecule has 0 aliphatic rings. The second kappa shape index (κ2) is 6.77. The zero-order valence-electron chi connectivity index (χ0n) is 11.4. The normalized spacial score (nSPS) is 12.2. The number of rotatable bonds is 6. The Kier molecular flexibility index (Phi) is 5.35. The minimum absolute atomic E-state index is 0.166. The number of nitrogens with one attached hydrogen (secondary N) is 2. The molecule has 1 atom stereocenters. The standard InChI is InChI=1S/C12H20N4O3/c1-8(2)10(11(17)18)15-12(19)13-6-4-9-5-7-14-16(9)3/h5,7-8,10H,4,6H2,1-3H3,(H,17,18)(H2,13,15,19)/t10-/m1/s1. The van der Waals surface area contributed by atoms with Crippen molar-refractivity contribution >= 4 is 12.0 Å². The van der Waals surface area contributed by atoms with Gasteiger partial charge in [-0.25, -0.2) is 9.59 Å². The monoisotopic (exact) mass is 268 g/mol. The first-order chi connectivity index (χ1) is 8.91. The van der Waals surface area contributed by atoms with Crippen LogP contribution in [0, 0.1) is 5.92 Å². The van der Waals surface area contributed by atoms with Crippen molar-refractivity contribution < 1.29 is 14.7 Å². The van der Waals surface area contributed by atoms with E-state index in [1.54, 1.807) is 24.7 Å². The quantitative estimate of drug-likeness (QED) is 0.694. The van der Waals surface area contributed by atoms with Crippen molar-refractivity contribution in [2.24, 2.45) is 13.0 Å². The summed E-state index contributed by atoms with van der Waals surface area (Å²) in [7, 11) is 1.83. The molecular weight excluding hydrogens is 248 g/mol. The van der Waals surface area contributed by atoms with Crippen LogP contribution >= 0.6 is 0 Å². The van der Waals surface area contributed by atoms with Crippen LogP contribution in [0.15, 0.2) is 12.3 Å². The van der Waals surface area contributed by atoms with Crippen LogP contribution in [0.1, 0.15) is 19.5 Å². The van der Waals surface area contributed by atoms with E-state index >= 15 is 0 Å². The van der Waals surface area contributed by atoms with Crippen molar-refractivity contribution in [3.8, 4) is 0 Å². The third-order valence-electron chi connectivity index (χ3n) is 2.81. The third-order valence-corrected chi connectivity index (χ3v) is 2.81. The van der Waals surface area contributed by atoms with Crippen LogP contribution in [0.5, 0.6) is 0 Å². The summed E-state index contributed by atoms with van der Waals surface area (Å²) in [6.07, 6.45) is 2.33. The molecule has 0 aromatic carbocycles. The minimum atomic E-state index is -1.03. The highest BCUT2D eigenvalue weighted by Crippen LogP contribution is 2.01. The van der Waals surface area contributed by atoms with Crippen LogP contribution in [-0.2, 0) is 18.3 Å². The maximum absolute atomic E-state index is 11.6. The smallest absolute Gasteiger partial charge is 0.326 e. The minimum Gasteiger partial charge on any atom is -0.480 e. The van der Waals surface area contributed by atoms with Crippen LogP contribution in [0.2, 0.25) is 0 Å². The number of hydrogen-bond donors (Lipinski definition) is 3. The number of urea groups is 1. The number of carboxylic acid groups (broad SMARTS) is 1. The molecule has 3 N–H and O–H groups in total. The molecule has 0 unspecified atom stereocenters. The van der Waals surface area contributed by atoms with Crippen molar-refractivity contribution in [2.45, 2.75) is 26.3 Å². The van der Waals surface area contributed by atoms with Crippen molar-refractivity contribution in [2.75, 3.05) is 6.54 Å². The van der Waals surface area contributed by atoms with Gasteiger partial charge in [0.2, 0.25) is 0 Å². The fourth-order valence-electron chi connectivity index (χ4n) is 1.66. The Balaban J connectivity index is 2.35. The molecule has 2 amide bonds. The number of aliphatic carboxylic acids is 1. The molecule has 0 radical (unpaired) electrons. The van der Waals surface area contributed by atoms with E-state index in [1.165, 1.54) is 0 Å². The third kappa shape index (κ3) is 4.61. The number of aryl methyl sites for hydroxylation is 1. The Morgan fingerprint density at radius 3 is 2.63 bits per heavy atom. The highest BCUT2D eigenvalue weighted by atomic mass is 16.4. The highest BCUT2D eigenvalue weighted by Gasteiger charge is 2.23. The molecule has 1 rings (SSSR count). The zero-order chi connectivity index (χ0) is 14.4. The average Bonchev–Trinajstić information content (AvgIpc) is 2.71. The second-order valence-electron chi connectivity index (χ2n) is 4.66. The largest absolute Gasteiger partial charge is 0.480 e. The van der Waals surface area contributed by atoms with E-state index < -0.39 is 18.0 Å². The van der Waals surface area contributed by atoms with Crippen molar-refractivity contribution in [1.82, 2.24) is 20.4 Å². The van der Waals surface area contributed by atoms with Gasteiger partial charge in [-0.3, -0.25) is 4.68 Å². The summed E-state index contributed by atoms with van der Waals surface area (Å²) in [4.78, 5) is 22.5. The zero-order valence-corrected chi connectivity index (χ0v) is 11.4. The molecule has 7 nitrogen and oxygen atoms in total. The number of nitrogens with zero attached hydrogens (tertiary/aromatic N) is 2. The molecule has 1 aromatic rings. The first-order valence-corrected chi connectivity index (χ1v) is 6.16. The Hall–Kier alpha value is -2.05. The first-order valence-electron chi connectivity index (χ1n) is 6.16. The molecule has 1 heterocycles. The molecule has 106 valence electrons.